The first kappa shape index (κ1) is 15.6. The van der Waals surface area contributed by atoms with Gasteiger partial charge in [0.25, 0.3) is 0 Å². The van der Waals surface area contributed by atoms with Crippen LogP contribution >= 0.6 is 22.9 Å². The number of rotatable bonds is 3. The molecule has 4 nitrogen and oxygen atoms in total. The van der Waals surface area contributed by atoms with Crippen molar-refractivity contribution in [1.82, 2.24) is 19.8 Å². The minimum atomic E-state index is 0.512. The van der Waals surface area contributed by atoms with Gasteiger partial charge in [0.05, 0.1) is 0 Å². The molecule has 2 aromatic heterocycles. The number of fused-ring (bicyclic) bond motifs is 1. The summed E-state index contributed by atoms with van der Waals surface area (Å²) in [5.41, 5.74) is 1.52. The topological polar surface area (TPSA) is 43.1 Å². The lowest BCUT2D eigenvalue weighted by atomic mass is 9.49. The fraction of sp³-hybridized carbons (Fsp3) is 0.550. The summed E-state index contributed by atoms with van der Waals surface area (Å²) in [6.07, 6.45) is 9.86. The zero-order valence-electron chi connectivity index (χ0n) is 14.6. The first-order valence-corrected chi connectivity index (χ1v) is 10.8. The molecule has 4 saturated carbocycles. The Morgan fingerprint density at radius 1 is 1.00 bits per heavy atom. The van der Waals surface area contributed by atoms with Crippen LogP contribution in [-0.4, -0.2) is 19.8 Å². The lowest BCUT2D eigenvalue weighted by molar-refractivity contribution is -0.0522. The minimum absolute atomic E-state index is 0.512. The molecule has 4 aliphatic rings. The molecule has 0 atom stereocenters. The highest BCUT2D eigenvalue weighted by atomic mass is 35.5. The lowest BCUT2D eigenvalue weighted by Crippen LogP contribution is -2.47. The monoisotopic (exact) mass is 384 g/mol. The van der Waals surface area contributed by atoms with Crippen LogP contribution in [-0.2, 0) is 6.42 Å². The SMILES string of the molecule is Clc1ccc(-c2nnc3sc(CC45CC6CC(CC(C6)C4)C5)nn23)cc1. The molecular weight excluding hydrogens is 364 g/mol. The molecule has 0 amide bonds. The van der Waals surface area contributed by atoms with Gasteiger partial charge < -0.3 is 0 Å². The van der Waals surface area contributed by atoms with E-state index in [1.807, 2.05) is 28.8 Å². The van der Waals surface area contributed by atoms with E-state index in [4.69, 9.17) is 16.7 Å². The maximum absolute atomic E-state index is 6.01. The van der Waals surface area contributed by atoms with E-state index in [0.29, 0.717) is 5.41 Å². The summed E-state index contributed by atoms with van der Waals surface area (Å²) in [5, 5.41) is 15.6. The smallest absolute Gasteiger partial charge is 0.183 e. The fourth-order valence-corrected chi connectivity index (χ4v) is 7.47. The molecule has 6 heteroatoms. The standard InChI is InChI=1S/C20H21ClN4S/c21-16-3-1-15(2-4-16)18-22-23-19-25(18)24-17(26-19)11-20-8-12-5-13(9-20)7-14(6-12)10-20/h1-4,12-14H,5-11H2. The normalized spacial score (nSPS) is 32.6. The number of halogens is 1. The van der Waals surface area contributed by atoms with E-state index in [1.54, 1.807) is 11.3 Å². The first-order chi connectivity index (χ1) is 12.7. The highest BCUT2D eigenvalue weighted by Gasteiger charge is 2.51. The van der Waals surface area contributed by atoms with Crippen LogP contribution in [0.4, 0.5) is 0 Å². The maximum atomic E-state index is 6.01. The Hall–Kier alpha value is -1.46. The molecule has 2 heterocycles. The summed E-state index contributed by atoms with van der Waals surface area (Å²) in [7, 11) is 0. The highest BCUT2D eigenvalue weighted by Crippen LogP contribution is 2.61. The van der Waals surface area contributed by atoms with Crippen molar-refractivity contribution in [2.24, 2.45) is 23.2 Å². The van der Waals surface area contributed by atoms with Gasteiger partial charge >= 0.3 is 0 Å². The van der Waals surface area contributed by atoms with Gasteiger partial charge in [-0.3, -0.25) is 0 Å². The molecule has 4 fully saturated rings. The van der Waals surface area contributed by atoms with Crippen LogP contribution in [0.15, 0.2) is 24.3 Å². The number of hydrogen-bond acceptors (Lipinski definition) is 4. The van der Waals surface area contributed by atoms with Crippen molar-refractivity contribution < 1.29 is 0 Å². The zero-order chi connectivity index (χ0) is 17.3. The average Bonchev–Trinajstić information content (AvgIpc) is 3.14. The minimum Gasteiger partial charge on any atom is -0.183 e. The molecule has 26 heavy (non-hydrogen) atoms. The molecule has 7 rings (SSSR count). The Morgan fingerprint density at radius 3 is 2.31 bits per heavy atom. The van der Waals surface area contributed by atoms with Crippen LogP contribution in [0, 0.1) is 23.2 Å². The van der Waals surface area contributed by atoms with Crippen molar-refractivity contribution in [2.45, 2.75) is 44.9 Å². The number of hydrogen-bond donors (Lipinski definition) is 0. The van der Waals surface area contributed by atoms with Gasteiger partial charge in [-0.05, 0) is 86.0 Å². The zero-order valence-corrected chi connectivity index (χ0v) is 16.1. The number of nitrogens with zero attached hydrogens (tertiary/aromatic N) is 4. The summed E-state index contributed by atoms with van der Waals surface area (Å²) in [4.78, 5) is 0.898. The van der Waals surface area contributed by atoms with Crippen LogP contribution in [0.25, 0.3) is 16.3 Å². The molecule has 134 valence electrons. The van der Waals surface area contributed by atoms with Crippen LogP contribution in [0.3, 0.4) is 0 Å². The van der Waals surface area contributed by atoms with Crippen molar-refractivity contribution in [3.63, 3.8) is 0 Å². The third kappa shape index (κ3) is 2.43. The molecule has 0 saturated heterocycles. The molecule has 0 N–H and O–H groups in total. The first-order valence-electron chi connectivity index (χ1n) is 9.63. The van der Waals surface area contributed by atoms with Gasteiger partial charge in [-0.2, -0.15) is 9.61 Å². The van der Waals surface area contributed by atoms with Gasteiger partial charge in [0.15, 0.2) is 5.82 Å². The summed E-state index contributed by atoms with van der Waals surface area (Å²) in [6, 6.07) is 7.75. The Bertz CT molecular complexity index is 938. The van der Waals surface area contributed by atoms with Crippen LogP contribution in [0.5, 0.6) is 0 Å². The Kier molecular flexibility index (Phi) is 3.31. The fourth-order valence-electron chi connectivity index (χ4n) is 6.33. The van der Waals surface area contributed by atoms with Crippen molar-refractivity contribution in [3.8, 4) is 11.4 Å². The maximum Gasteiger partial charge on any atom is 0.234 e. The summed E-state index contributed by atoms with van der Waals surface area (Å²) in [6.45, 7) is 0. The van der Waals surface area contributed by atoms with E-state index < -0.39 is 0 Å². The molecule has 0 aliphatic heterocycles. The average molecular weight is 385 g/mol. The van der Waals surface area contributed by atoms with Gasteiger partial charge in [-0.15, -0.1) is 10.2 Å². The van der Waals surface area contributed by atoms with Gasteiger partial charge in [-0.1, -0.05) is 22.9 Å². The van der Waals surface area contributed by atoms with Crippen molar-refractivity contribution in [3.05, 3.63) is 34.3 Å². The quantitative estimate of drug-likeness (QED) is 0.618. The summed E-state index contributed by atoms with van der Waals surface area (Å²) < 4.78 is 1.92. The van der Waals surface area contributed by atoms with E-state index >= 15 is 0 Å². The molecular formula is C20H21ClN4S. The molecule has 0 radical (unpaired) electrons. The third-order valence-electron chi connectivity index (χ3n) is 6.83. The van der Waals surface area contributed by atoms with E-state index in [2.05, 4.69) is 10.2 Å². The second-order valence-electron chi connectivity index (χ2n) is 8.82. The summed E-state index contributed by atoms with van der Waals surface area (Å²) >= 11 is 7.73. The van der Waals surface area contributed by atoms with Gasteiger partial charge in [-0.25, -0.2) is 0 Å². The van der Waals surface area contributed by atoms with E-state index in [9.17, 15) is 0 Å². The van der Waals surface area contributed by atoms with Crippen molar-refractivity contribution in [2.75, 3.05) is 0 Å². The predicted octanol–water partition coefficient (Wildman–Crippen LogP) is 5.27. The Morgan fingerprint density at radius 2 is 1.65 bits per heavy atom. The molecule has 1 aromatic carbocycles. The number of benzene rings is 1. The second-order valence-corrected chi connectivity index (χ2v) is 10.3. The van der Waals surface area contributed by atoms with Crippen LogP contribution in [0.2, 0.25) is 5.02 Å². The van der Waals surface area contributed by atoms with Crippen LogP contribution in [0.1, 0.15) is 43.5 Å². The Labute approximate surface area is 161 Å². The largest absolute Gasteiger partial charge is 0.234 e. The molecule has 0 spiro atoms. The second kappa shape index (κ2) is 5.52. The van der Waals surface area contributed by atoms with Gasteiger partial charge in [0.2, 0.25) is 4.96 Å². The molecule has 4 bridgehead atoms. The van der Waals surface area contributed by atoms with Gasteiger partial charge in [0, 0.05) is 17.0 Å². The highest BCUT2D eigenvalue weighted by molar-refractivity contribution is 7.16. The Balaban J connectivity index is 1.33. The molecule has 3 aromatic rings. The van der Waals surface area contributed by atoms with Crippen molar-refractivity contribution >= 4 is 27.9 Å². The molecule has 4 aliphatic carbocycles. The van der Waals surface area contributed by atoms with Crippen LogP contribution < -0.4 is 0 Å². The molecule has 0 unspecified atom stereocenters. The van der Waals surface area contributed by atoms with Crippen molar-refractivity contribution in [1.29, 1.82) is 0 Å². The lowest BCUT2D eigenvalue weighted by Gasteiger charge is -2.56. The van der Waals surface area contributed by atoms with E-state index in [0.717, 1.165) is 45.5 Å². The van der Waals surface area contributed by atoms with E-state index in [1.165, 1.54) is 43.5 Å². The summed E-state index contributed by atoms with van der Waals surface area (Å²) in [5.74, 6) is 3.76. The van der Waals surface area contributed by atoms with E-state index in [-0.39, 0.29) is 0 Å². The third-order valence-corrected chi connectivity index (χ3v) is 7.98. The number of aromatic nitrogens is 4. The van der Waals surface area contributed by atoms with Gasteiger partial charge in [0.1, 0.15) is 5.01 Å². The predicted molar refractivity (Wildman–Crippen MR) is 103 cm³/mol.